The van der Waals surface area contributed by atoms with E-state index in [0.29, 0.717) is 0 Å². The largest absolute Gasteiger partial charge is 0.304 e. The SMILES string of the molecule is CC=C[Si](C)(C)CCCN(CC)CC. The van der Waals surface area contributed by atoms with Crippen LogP contribution in [-0.2, 0) is 0 Å². The molecule has 2 heteroatoms. The summed E-state index contributed by atoms with van der Waals surface area (Å²) in [7, 11) is -1.00. The van der Waals surface area contributed by atoms with Crippen molar-refractivity contribution in [2.75, 3.05) is 19.6 Å². The number of nitrogens with zero attached hydrogens (tertiary/aromatic N) is 1. The number of rotatable bonds is 7. The Morgan fingerprint density at radius 3 is 2.14 bits per heavy atom. The van der Waals surface area contributed by atoms with E-state index in [9.17, 15) is 0 Å². The average Bonchev–Trinajstić information content (AvgIpc) is 2.12. The summed E-state index contributed by atoms with van der Waals surface area (Å²) in [4.78, 5) is 2.51. The smallest absolute Gasteiger partial charge is 0.0713 e. The molecular formula is C12H27NSi. The highest BCUT2D eigenvalue weighted by molar-refractivity contribution is 6.82. The van der Waals surface area contributed by atoms with Crippen molar-refractivity contribution in [3.63, 3.8) is 0 Å². The van der Waals surface area contributed by atoms with Crippen LogP contribution in [0, 0.1) is 0 Å². The molecule has 0 aromatic carbocycles. The molecular weight excluding hydrogens is 186 g/mol. The monoisotopic (exact) mass is 213 g/mol. The Hall–Kier alpha value is -0.0831. The van der Waals surface area contributed by atoms with Crippen LogP contribution in [0.25, 0.3) is 0 Å². The zero-order valence-electron chi connectivity index (χ0n) is 10.6. The summed E-state index contributed by atoms with van der Waals surface area (Å²) in [6.07, 6.45) is 3.59. The third kappa shape index (κ3) is 6.38. The quantitative estimate of drug-likeness (QED) is 0.585. The van der Waals surface area contributed by atoms with E-state index in [1.54, 1.807) is 0 Å². The van der Waals surface area contributed by atoms with Crippen molar-refractivity contribution >= 4 is 8.07 Å². The highest BCUT2D eigenvalue weighted by Crippen LogP contribution is 2.13. The third-order valence-corrected chi connectivity index (χ3v) is 5.69. The highest BCUT2D eigenvalue weighted by Gasteiger charge is 2.15. The van der Waals surface area contributed by atoms with Gasteiger partial charge in [-0.15, -0.1) is 0 Å². The first-order valence-electron chi connectivity index (χ1n) is 5.92. The molecule has 0 aliphatic carbocycles. The van der Waals surface area contributed by atoms with Crippen molar-refractivity contribution < 1.29 is 0 Å². The Balaban J connectivity index is 3.72. The van der Waals surface area contributed by atoms with Crippen LogP contribution >= 0.6 is 0 Å². The lowest BCUT2D eigenvalue weighted by atomic mass is 10.4. The van der Waals surface area contributed by atoms with E-state index in [4.69, 9.17) is 0 Å². The predicted molar refractivity (Wildman–Crippen MR) is 69.5 cm³/mol. The minimum Gasteiger partial charge on any atom is -0.304 e. The second-order valence-electron chi connectivity index (χ2n) is 4.62. The fourth-order valence-corrected chi connectivity index (χ4v) is 3.97. The predicted octanol–water partition coefficient (Wildman–Crippen LogP) is 3.54. The number of hydrogen-bond acceptors (Lipinski definition) is 1. The van der Waals surface area contributed by atoms with Gasteiger partial charge in [0.2, 0.25) is 0 Å². The summed E-state index contributed by atoms with van der Waals surface area (Å²) in [6.45, 7) is 15.2. The van der Waals surface area contributed by atoms with E-state index >= 15 is 0 Å². The second kappa shape index (κ2) is 7.24. The summed E-state index contributed by atoms with van der Waals surface area (Å²) in [5.74, 6) is 0. The molecule has 0 aliphatic heterocycles. The first-order valence-corrected chi connectivity index (χ1v) is 9.20. The molecule has 0 spiro atoms. The van der Waals surface area contributed by atoms with Crippen LogP contribution in [0.5, 0.6) is 0 Å². The van der Waals surface area contributed by atoms with Crippen molar-refractivity contribution in [3.8, 4) is 0 Å². The van der Waals surface area contributed by atoms with Gasteiger partial charge in [-0.05, 0) is 33.0 Å². The summed E-state index contributed by atoms with van der Waals surface area (Å²) < 4.78 is 0. The van der Waals surface area contributed by atoms with Crippen LogP contribution in [-0.4, -0.2) is 32.6 Å². The van der Waals surface area contributed by atoms with E-state index in [2.05, 4.69) is 50.5 Å². The van der Waals surface area contributed by atoms with Crippen molar-refractivity contribution in [1.29, 1.82) is 0 Å². The molecule has 0 amide bonds. The van der Waals surface area contributed by atoms with Crippen LogP contribution in [0.15, 0.2) is 11.8 Å². The van der Waals surface area contributed by atoms with E-state index in [-0.39, 0.29) is 0 Å². The molecule has 0 unspecified atom stereocenters. The van der Waals surface area contributed by atoms with E-state index < -0.39 is 8.07 Å². The lowest BCUT2D eigenvalue weighted by molar-refractivity contribution is 0.304. The average molecular weight is 213 g/mol. The van der Waals surface area contributed by atoms with Crippen LogP contribution in [0.3, 0.4) is 0 Å². The molecule has 0 aliphatic rings. The molecule has 0 aromatic rings. The van der Waals surface area contributed by atoms with Crippen molar-refractivity contribution in [3.05, 3.63) is 11.8 Å². The maximum atomic E-state index is 2.51. The lowest BCUT2D eigenvalue weighted by Gasteiger charge is -2.22. The molecule has 0 radical (unpaired) electrons. The zero-order chi connectivity index (χ0) is 11.0. The molecule has 0 saturated heterocycles. The Morgan fingerprint density at radius 1 is 1.14 bits per heavy atom. The van der Waals surface area contributed by atoms with Gasteiger partial charge in [-0.25, -0.2) is 0 Å². The molecule has 0 aromatic heterocycles. The van der Waals surface area contributed by atoms with Gasteiger partial charge in [-0.3, -0.25) is 0 Å². The maximum Gasteiger partial charge on any atom is 0.0713 e. The fraction of sp³-hybridized carbons (Fsp3) is 0.833. The first kappa shape index (κ1) is 13.9. The molecule has 0 fully saturated rings. The normalized spacial score (nSPS) is 13.0. The van der Waals surface area contributed by atoms with Crippen molar-refractivity contribution in [2.45, 2.75) is 46.3 Å². The molecule has 1 nitrogen and oxygen atoms in total. The van der Waals surface area contributed by atoms with Gasteiger partial charge in [0.1, 0.15) is 0 Å². The molecule has 0 heterocycles. The Kier molecular flexibility index (Phi) is 7.20. The molecule has 84 valence electrons. The molecule has 0 saturated carbocycles. The summed E-state index contributed by atoms with van der Waals surface area (Å²) in [5.41, 5.74) is 2.45. The van der Waals surface area contributed by atoms with E-state index in [1.165, 1.54) is 32.1 Å². The van der Waals surface area contributed by atoms with Crippen molar-refractivity contribution in [1.82, 2.24) is 4.90 Å². The minimum atomic E-state index is -1.00. The van der Waals surface area contributed by atoms with Gasteiger partial charge in [-0.2, -0.15) is 0 Å². The molecule has 0 atom stereocenters. The van der Waals surface area contributed by atoms with Gasteiger partial charge in [0, 0.05) is 0 Å². The zero-order valence-corrected chi connectivity index (χ0v) is 11.6. The third-order valence-electron chi connectivity index (χ3n) is 2.81. The van der Waals surface area contributed by atoms with Gasteiger partial charge in [0.15, 0.2) is 0 Å². The summed E-state index contributed by atoms with van der Waals surface area (Å²) >= 11 is 0. The topological polar surface area (TPSA) is 3.24 Å². The van der Waals surface area contributed by atoms with Crippen molar-refractivity contribution in [2.24, 2.45) is 0 Å². The lowest BCUT2D eigenvalue weighted by Crippen LogP contribution is -2.28. The highest BCUT2D eigenvalue weighted by atomic mass is 28.3. The molecule has 14 heavy (non-hydrogen) atoms. The van der Waals surface area contributed by atoms with Gasteiger partial charge in [-0.1, -0.05) is 44.8 Å². The second-order valence-corrected chi connectivity index (χ2v) is 9.43. The standard InChI is InChI=1S/C12H27NSi/c1-6-11-14(4,5)12-9-10-13(7-2)8-3/h6,11H,7-10,12H2,1-5H3. The maximum absolute atomic E-state index is 2.51. The van der Waals surface area contributed by atoms with Crippen LogP contribution in [0.4, 0.5) is 0 Å². The van der Waals surface area contributed by atoms with E-state index in [0.717, 1.165) is 0 Å². The van der Waals surface area contributed by atoms with Crippen LogP contribution in [0.2, 0.25) is 19.1 Å². The number of allylic oxidation sites excluding steroid dienone is 1. The number of hydrogen-bond donors (Lipinski definition) is 0. The Morgan fingerprint density at radius 2 is 1.71 bits per heavy atom. The Bertz CT molecular complexity index is 160. The minimum absolute atomic E-state index is 1.00. The summed E-state index contributed by atoms with van der Waals surface area (Å²) in [5, 5.41) is 0. The van der Waals surface area contributed by atoms with Crippen LogP contribution < -0.4 is 0 Å². The Labute approximate surface area is 91.2 Å². The van der Waals surface area contributed by atoms with Gasteiger partial charge >= 0.3 is 0 Å². The summed E-state index contributed by atoms with van der Waals surface area (Å²) in [6, 6.07) is 1.42. The molecule has 0 rings (SSSR count). The van der Waals surface area contributed by atoms with Crippen LogP contribution in [0.1, 0.15) is 27.2 Å². The molecule has 0 bridgehead atoms. The van der Waals surface area contributed by atoms with Gasteiger partial charge in [0.05, 0.1) is 8.07 Å². The first-order chi connectivity index (χ1) is 6.55. The van der Waals surface area contributed by atoms with Gasteiger partial charge in [0.25, 0.3) is 0 Å². The van der Waals surface area contributed by atoms with E-state index in [1.807, 2.05) is 0 Å². The molecule has 0 N–H and O–H groups in total. The fourth-order valence-electron chi connectivity index (χ4n) is 1.83. The van der Waals surface area contributed by atoms with Gasteiger partial charge < -0.3 is 4.90 Å².